The predicted octanol–water partition coefficient (Wildman–Crippen LogP) is 2.97. The molecule has 0 aliphatic carbocycles. The van der Waals surface area contributed by atoms with Gasteiger partial charge in [0.15, 0.2) is 0 Å². The molecule has 1 aromatic carbocycles. The summed E-state index contributed by atoms with van der Waals surface area (Å²) < 4.78 is 0.984. The van der Waals surface area contributed by atoms with E-state index >= 15 is 0 Å². The van der Waals surface area contributed by atoms with Crippen LogP contribution < -0.4 is 5.73 Å². The van der Waals surface area contributed by atoms with Crippen LogP contribution in [0.2, 0.25) is 0 Å². The third kappa shape index (κ3) is 2.43. The lowest BCUT2D eigenvalue weighted by Gasteiger charge is -2.03. The van der Waals surface area contributed by atoms with Crippen LogP contribution in [0.25, 0.3) is 11.1 Å². The van der Waals surface area contributed by atoms with E-state index in [-0.39, 0.29) is 0 Å². The fraction of sp³-hybridized carbons (Fsp3) is 0.0833. The third-order valence-electron chi connectivity index (χ3n) is 2.20. The van der Waals surface area contributed by atoms with Gasteiger partial charge in [-0.2, -0.15) is 0 Å². The third-order valence-corrected chi connectivity index (χ3v) is 2.63. The first-order valence-electron chi connectivity index (χ1n) is 4.69. The van der Waals surface area contributed by atoms with E-state index in [1.807, 2.05) is 24.4 Å². The lowest BCUT2D eigenvalue weighted by atomic mass is 10.1. The zero-order chi connectivity index (χ0) is 10.7. The van der Waals surface area contributed by atoms with Crippen LogP contribution in [-0.4, -0.2) is 4.98 Å². The second kappa shape index (κ2) is 4.55. The van der Waals surface area contributed by atoms with Gasteiger partial charge in [-0.1, -0.05) is 18.2 Å². The van der Waals surface area contributed by atoms with Gasteiger partial charge in [0.05, 0.1) is 0 Å². The molecule has 2 aromatic rings. The van der Waals surface area contributed by atoms with Crippen LogP contribution in [0.1, 0.15) is 5.56 Å². The van der Waals surface area contributed by atoms with Gasteiger partial charge in [-0.25, -0.2) is 0 Å². The Bertz CT molecular complexity index is 469. The maximum Gasteiger partial charge on any atom is 0.0410 e. The number of nitrogens with zero attached hydrogens (tertiary/aromatic N) is 1. The monoisotopic (exact) mass is 262 g/mol. The summed E-state index contributed by atoms with van der Waals surface area (Å²) >= 11 is 3.41. The van der Waals surface area contributed by atoms with E-state index in [2.05, 4.69) is 33.0 Å². The Morgan fingerprint density at radius 2 is 2.00 bits per heavy atom. The second-order valence-electron chi connectivity index (χ2n) is 3.30. The predicted molar refractivity (Wildman–Crippen MR) is 65.3 cm³/mol. The van der Waals surface area contributed by atoms with Crippen molar-refractivity contribution in [3.63, 3.8) is 0 Å². The molecule has 0 saturated carbocycles. The van der Waals surface area contributed by atoms with Crippen molar-refractivity contribution < 1.29 is 0 Å². The van der Waals surface area contributed by atoms with E-state index in [1.54, 1.807) is 6.20 Å². The van der Waals surface area contributed by atoms with E-state index < -0.39 is 0 Å². The number of rotatable bonds is 2. The Balaban J connectivity index is 2.44. The molecule has 2 rings (SSSR count). The summed E-state index contributed by atoms with van der Waals surface area (Å²) in [6, 6.07) is 10.2. The van der Waals surface area contributed by atoms with E-state index in [9.17, 15) is 0 Å². The molecule has 0 unspecified atom stereocenters. The molecular formula is C12H11BrN2. The molecule has 15 heavy (non-hydrogen) atoms. The van der Waals surface area contributed by atoms with Crippen LogP contribution in [0.5, 0.6) is 0 Å². The molecule has 0 radical (unpaired) electrons. The first-order chi connectivity index (χ1) is 7.29. The summed E-state index contributed by atoms with van der Waals surface area (Å²) in [4.78, 5) is 4.14. The molecule has 0 aliphatic heterocycles. The van der Waals surface area contributed by atoms with Gasteiger partial charge in [0.1, 0.15) is 0 Å². The minimum atomic E-state index is 0.565. The molecule has 1 aromatic heterocycles. The van der Waals surface area contributed by atoms with Gasteiger partial charge in [0, 0.05) is 29.0 Å². The van der Waals surface area contributed by atoms with E-state index in [1.165, 1.54) is 0 Å². The molecule has 0 aliphatic rings. The fourth-order valence-corrected chi connectivity index (χ4v) is 1.81. The lowest BCUT2D eigenvalue weighted by molar-refractivity contribution is 1.07. The van der Waals surface area contributed by atoms with Crippen molar-refractivity contribution in [1.82, 2.24) is 4.98 Å². The molecular weight excluding hydrogens is 252 g/mol. The number of halogens is 1. The number of benzene rings is 1. The SMILES string of the molecule is NCc1cccc(-c2cncc(Br)c2)c1. The molecule has 0 fully saturated rings. The van der Waals surface area contributed by atoms with Crippen molar-refractivity contribution in [3.05, 3.63) is 52.8 Å². The minimum absolute atomic E-state index is 0.565. The molecule has 0 bridgehead atoms. The van der Waals surface area contributed by atoms with Crippen LogP contribution in [0.15, 0.2) is 47.2 Å². The molecule has 2 N–H and O–H groups in total. The molecule has 0 spiro atoms. The van der Waals surface area contributed by atoms with Gasteiger partial charge in [0.25, 0.3) is 0 Å². The van der Waals surface area contributed by atoms with Gasteiger partial charge in [0.2, 0.25) is 0 Å². The summed E-state index contributed by atoms with van der Waals surface area (Å²) in [5.41, 5.74) is 8.98. The van der Waals surface area contributed by atoms with Gasteiger partial charge in [-0.15, -0.1) is 0 Å². The highest BCUT2D eigenvalue weighted by Gasteiger charge is 1.99. The standard InChI is InChI=1S/C12H11BrN2/c13-12-5-11(7-15-8-12)10-3-1-2-9(4-10)6-14/h1-5,7-8H,6,14H2. The van der Waals surface area contributed by atoms with Gasteiger partial charge >= 0.3 is 0 Å². The summed E-state index contributed by atoms with van der Waals surface area (Å²) in [7, 11) is 0. The van der Waals surface area contributed by atoms with E-state index in [4.69, 9.17) is 5.73 Å². The van der Waals surface area contributed by atoms with Gasteiger partial charge in [-0.3, -0.25) is 4.98 Å². The normalized spacial score (nSPS) is 10.3. The van der Waals surface area contributed by atoms with Crippen molar-refractivity contribution in [1.29, 1.82) is 0 Å². The van der Waals surface area contributed by atoms with Crippen molar-refractivity contribution in [2.75, 3.05) is 0 Å². The van der Waals surface area contributed by atoms with Crippen molar-refractivity contribution in [2.24, 2.45) is 5.73 Å². The van der Waals surface area contributed by atoms with Crippen LogP contribution in [0.3, 0.4) is 0 Å². The molecule has 1 heterocycles. The van der Waals surface area contributed by atoms with Crippen molar-refractivity contribution in [3.8, 4) is 11.1 Å². The largest absolute Gasteiger partial charge is 0.326 e. The first kappa shape index (κ1) is 10.3. The second-order valence-corrected chi connectivity index (χ2v) is 4.21. The van der Waals surface area contributed by atoms with Gasteiger partial charge < -0.3 is 5.73 Å². The Labute approximate surface area is 97.3 Å². The highest BCUT2D eigenvalue weighted by molar-refractivity contribution is 9.10. The molecule has 2 nitrogen and oxygen atoms in total. The zero-order valence-corrected chi connectivity index (χ0v) is 9.74. The molecule has 0 amide bonds. The Morgan fingerprint density at radius 3 is 2.73 bits per heavy atom. The maximum absolute atomic E-state index is 5.60. The molecule has 76 valence electrons. The quantitative estimate of drug-likeness (QED) is 0.904. The Hall–Kier alpha value is -1.19. The van der Waals surface area contributed by atoms with Crippen LogP contribution in [-0.2, 0) is 6.54 Å². The molecule has 3 heteroatoms. The smallest absolute Gasteiger partial charge is 0.0410 e. The molecule has 0 atom stereocenters. The summed E-state index contributed by atoms with van der Waals surface area (Å²) in [6.07, 6.45) is 3.62. The van der Waals surface area contributed by atoms with Crippen molar-refractivity contribution >= 4 is 15.9 Å². The number of hydrogen-bond acceptors (Lipinski definition) is 2. The highest BCUT2D eigenvalue weighted by Crippen LogP contribution is 2.22. The first-order valence-corrected chi connectivity index (χ1v) is 5.49. The van der Waals surface area contributed by atoms with Crippen molar-refractivity contribution in [2.45, 2.75) is 6.54 Å². The van der Waals surface area contributed by atoms with Gasteiger partial charge in [-0.05, 0) is 39.2 Å². The topological polar surface area (TPSA) is 38.9 Å². The van der Waals surface area contributed by atoms with Crippen LogP contribution >= 0.6 is 15.9 Å². The summed E-state index contributed by atoms with van der Waals surface area (Å²) in [6.45, 7) is 0.565. The fourth-order valence-electron chi connectivity index (χ4n) is 1.45. The summed E-state index contributed by atoms with van der Waals surface area (Å²) in [5.74, 6) is 0. The summed E-state index contributed by atoms with van der Waals surface area (Å²) in [5, 5.41) is 0. The number of nitrogens with two attached hydrogens (primary N) is 1. The number of aromatic nitrogens is 1. The van der Waals surface area contributed by atoms with Crippen LogP contribution in [0.4, 0.5) is 0 Å². The highest BCUT2D eigenvalue weighted by atomic mass is 79.9. The number of pyridine rings is 1. The van der Waals surface area contributed by atoms with E-state index in [0.717, 1.165) is 21.2 Å². The Kier molecular flexibility index (Phi) is 3.14. The lowest BCUT2D eigenvalue weighted by Crippen LogP contribution is -1.95. The maximum atomic E-state index is 5.60. The number of hydrogen-bond donors (Lipinski definition) is 1. The molecule has 0 saturated heterocycles. The Morgan fingerprint density at radius 1 is 1.13 bits per heavy atom. The zero-order valence-electron chi connectivity index (χ0n) is 8.15. The minimum Gasteiger partial charge on any atom is -0.326 e. The average molecular weight is 263 g/mol. The van der Waals surface area contributed by atoms with E-state index in [0.29, 0.717) is 6.54 Å². The average Bonchev–Trinajstić information content (AvgIpc) is 2.29. The van der Waals surface area contributed by atoms with Crippen LogP contribution in [0, 0.1) is 0 Å².